The molecule has 0 atom stereocenters. The summed E-state index contributed by atoms with van der Waals surface area (Å²) >= 11 is 1.58. The van der Waals surface area contributed by atoms with Crippen LogP contribution in [-0.4, -0.2) is 21.2 Å². The molecule has 20 heavy (non-hydrogen) atoms. The quantitative estimate of drug-likeness (QED) is 0.626. The molecule has 6 heteroatoms. The van der Waals surface area contributed by atoms with E-state index in [4.69, 9.17) is 0 Å². The first-order valence-corrected chi connectivity index (χ1v) is 7.19. The van der Waals surface area contributed by atoms with Crippen LogP contribution in [0.15, 0.2) is 51.0 Å². The van der Waals surface area contributed by atoms with Crippen molar-refractivity contribution in [3.63, 3.8) is 0 Å². The summed E-state index contributed by atoms with van der Waals surface area (Å²) in [5.74, 6) is -0.261. The topological polar surface area (TPSA) is 61.1 Å². The normalized spacial score (nSPS) is 10.5. The lowest BCUT2D eigenvalue weighted by molar-refractivity contribution is 0.0968. The fraction of sp³-hybridized carbons (Fsp3) is 0.214. The molecule has 0 aliphatic rings. The number of nitrogens with zero attached hydrogens (tertiary/aromatic N) is 2. The van der Waals surface area contributed by atoms with Gasteiger partial charge < -0.3 is 4.57 Å². The fourth-order valence-corrected chi connectivity index (χ4v) is 2.18. The summed E-state index contributed by atoms with van der Waals surface area (Å²) in [6, 6.07) is 8.35. The molecule has 0 aliphatic heterocycles. The number of hydrogen-bond donors (Lipinski definition) is 0. The molecule has 2 aromatic rings. The van der Waals surface area contributed by atoms with Crippen molar-refractivity contribution in [2.24, 2.45) is 7.05 Å². The number of carbonyl (C=O) groups excluding carboxylic acids is 1. The molecule has 104 valence electrons. The third-order valence-corrected chi connectivity index (χ3v) is 3.70. The monoisotopic (exact) mass is 290 g/mol. The van der Waals surface area contributed by atoms with E-state index in [9.17, 15) is 14.4 Å². The van der Waals surface area contributed by atoms with Gasteiger partial charge in [-0.1, -0.05) is 12.1 Å². The van der Waals surface area contributed by atoms with E-state index in [2.05, 4.69) is 0 Å². The Morgan fingerprint density at radius 3 is 2.40 bits per heavy atom. The van der Waals surface area contributed by atoms with E-state index >= 15 is 0 Å². The summed E-state index contributed by atoms with van der Waals surface area (Å²) in [4.78, 5) is 36.6. The van der Waals surface area contributed by atoms with E-state index in [1.807, 2.05) is 18.4 Å². The summed E-state index contributed by atoms with van der Waals surface area (Å²) in [5, 5.41) is 0. The molecule has 1 heterocycles. The van der Waals surface area contributed by atoms with Crippen molar-refractivity contribution in [2.75, 3.05) is 6.26 Å². The number of aryl methyl sites for hydroxylation is 1. The van der Waals surface area contributed by atoms with Gasteiger partial charge in [0.25, 0.3) is 5.56 Å². The molecule has 2 rings (SSSR count). The van der Waals surface area contributed by atoms with Crippen molar-refractivity contribution >= 4 is 17.5 Å². The van der Waals surface area contributed by atoms with Gasteiger partial charge in [-0.25, -0.2) is 4.79 Å². The molecule has 0 unspecified atom stereocenters. The molecule has 1 aromatic carbocycles. The number of benzene rings is 1. The summed E-state index contributed by atoms with van der Waals surface area (Å²) < 4.78 is 2.20. The zero-order valence-electron chi connectivity index (χ0n) is 11.2. The highest BCUT2D eigenvalue weighted by atomic mass is 32.2. The standard InChI is InChI=1S/C14H14N2O3S/c1-15-8-7-13(18)16(14(15)19)9-12(17)10-3-5-11(20-2)6-4-10/h3-8H,9H2,1-2H3. The highest BCUT2D eigenvalue weighted by Crippen LogP contribution is 2.15. The van der Waals surface area contributed by atoms with Gasteiger partial charge in [0.2, 0.25) is 0 Å². The van der Waals surface area contributed by atoms with Gasteiger partial charge in [0.1, 0.15) is 0 Å². The largest absolute Gasteiger partial charge is 0.331 e. The zero-order chi connectivity index (χ0) is 14.7. The van der Waals surface area contributed by atoms with E-state index in [0.29, 0.717) is 5.56 Å². The van der Waals surface area contributed by atoms with Crippen LogP contribution in [0.2, 0.25) is 0 Å². The first kappa shape index (κ1) is 14.3. The molecular weight excluding hydrogens is 276 g/mol. The third kappa shape index (κ3) is 2.91. The van der Waals surface area contributed by atoms with Crippen LogP contribution < -0.4 is 11.2 Å². The molecule has 0 spiro atoms. The van der Waals surface area contributed by atoms with Crippen molar-refractivity contribution in [2.45, 2.75) is 11.4 Å². The van der Waals surface area contributed by atoms with Crippen LogP contribution in [-0.2, 0) is 13.6 Å². The summed E-state index contributed by atoms with van der Waals surface area (Å²) in [6.07, 6.45) is 3.34. The van der Waals surface area contributed by atoms with Crippen LogP contribution in [0.3, 0.4) is 0 Å². The van der Waals surface area contributed by atoms with Gasteiger partial charge in [-0.2, -0.15) is 0 Å². The van der Waals surface area contributed by atoms with Gasteiger partial charge in [-0.05, 0) is 18.4 Å². The predicted octanol–water partition coefficient (Wildman–Crippen LogP) is 1.15. The molecule has 0 bridgehead atoms. The van der Waals surface area contributed by atoms with Crippen LogP contribution in [0.4, 0.5) is 0 Å². The second kappa shape index (κ2) is 5.92. The molecule has 0 fully saturated rings. The van der Waals surface area contributed by atoms with Gasteiger partial charge in [0, 0.05) is 29.8 Å². The minimum absolute atomic E-state index is 0.245. The summed E-state index contributed by atoms with van der Waals surface area (Å²) in [7, 11) is 1.54. The van der Waals surface area contributed by atoms with Gasteiger partial charge >= 0.3 is 5.69 Å². The molecule has 0 radical (unpaired) electrons. The van der Waals surface area contributed by atoms with Crippen molar-refractivity contribution in [3.8, 4) is 0 Å². The summed E-state index contributed by atoms with van der Waals surface area (Å²) in [5.41, 5.74) is -0.477. The molecule has 0 amide bonds. The average Bonchev–Trinajstić information content (AvgIpc) is 2.47. The number of hydrogen-bond acceptors (Lipinski definition) is 4. The Morgan fingerprint density at radius 2 is 1.80 bits per heavy atom. The lowest BCUT2D eigenvalue weighted by atomic mass is 10.1. The molecular formula is C14H14N2O3S. The van der Waals surface area contributed by atoms with Crippen LogP contribution in [0.1, 0.15) is 10.4 Å². The van der Waals surface area contributed by atoms with Crippen molar-refractivity contribution in [1.29, 1.82) is 0 Å². The maximum atomic E-state index is 12.1. The SMILES string of the molecule is CSc1ccc(C(=O)Cn2c(=O)ccn(C)c2=O)cc1. The zero-order valence-corrected chi connectivity index (χ0v) is 12.0. The molecule has 0 saturated heterocycles. The molecule has 1 aromatic heterocycles. The van der Waals surface area contributed by atoms with Crippen LogP contribution in [0.5, 0.6) is 0 Å². The van der Waals surface area contributed by atoms with E-state index < -0.39 is 11.2 Å². The highest BCUT2D eigenvalue weighted by Gasteiger charge is 2.10. The van der Waals surface area contributed by atoms with E-state index in [1.54, 1.807) is 23.9 Å². The Balaban J connectivity index is 2.30. The number of carbonyl (C=O) groups is 1. The number of rotatable bonds is 4. The number of aromatic nitrogens is 2. The Labute approximate surface area is 119 Å². The second-order valence-electron chi connectivity index (χ2n) is 4.29. The number of Topliss-reactive ketones (excluding diaryl/α,β-unsaturated/α-hetero) is 1. The Hall–Kier alpha value is -2.08. The predicted molar refractivity (Wildman–Crippen MR) is 78.5 cm³/mol. The average molecular weight is 290 g/mol. The van der Waals surface area contributed by atoms with Crippen molar-refractivity contribution < 1.29 is 4.79 Å². The van der Waals surface area contributed by atoms with Gasteiger partial charge in [0.05, 0.1) is 6.54 Å². The van der Waals surface area contributed by atoms with E-state index in [0.717, 1.165) is 9.46 Å². The molecule has 0 saturated carbocycles. The van der Waals surface area contributed by atoms with E-state index in [1.165, 1.54) is 23.9 Å². The first-order valence-electron chi connectivity index (χ1n) is 5.96. The smallest absolute Gasteiger partial charge is 0.303 e. The molecule has 5 nitrogen and oxygen atoms in total. The third-order valence-electron chi connectivity index (χ3n) is 2.95. The summed E-state index contributed by atoms with van der Waals surface area (Å²) in [6.45, 7) is -0.245. The molecule has 0 aliphatic carbocycles. The number of ketones is 1. The Morgan fingerprint density at radius 1 is 1.15 bits per heavy atom. The van der Waals surface area contributed by atoms with Crippen molar-refractivity contribution in [1.82, 2.24) is 9.13 Å². The molecule has 0 N–H and O–H groups in total. The van der Waals surface area contributed by atoms with E-state index in [-0.39, 0.29) is 12.3 Å². The van der Waals surface area contributed by atoms with Gasteiger partial charge in [-0.15, -0.1) is 11.8 Å². The minimum Gasteiger partial charge on any atom is -0.303 e. The lowest BCUT2D eigenvalue weighted by Gasteiger charge is -2.06. The van der Waals surface area contributed by atoms with Crippen LogP contribution >= 0.6 is 11.8 Å². The van der Waals surface area contributed by atoms with Crippen LogP contribution in [0, 0.1) is 0 Å². The Bertz CT molecular complexity index is 744. The highest BCUT2D eigenvalue weighted by molar-refractivity contribution is 7.98. The van der Waals surface area contributed by atoms with Gasteiger partial charge in [0.15, 0.2) is 5.78 Å². The second-order valence-corrected chi connectivity index (χ2v) is 5.16. The maximum absolute atomic E-state index is 12.1. The van der Waals surface area contributed by atoms with Crippen LogP contribution in [0.25, 0.3) is 0 Å². The Kier molecular flexibility index (Phi) is 4.24. The maximum Gasteiger partial charge on any atom is 0.331 e. The number of thioether (sulfide) groups is 1. The first-order chi connectivity index (χ1) is 9.52. The minimum atomic E-state index is -0.494. The fourth-order valence-electron chi connectivity index (χ4n) is 1.77. The van der Waals surface area contributed by atoms with Crippen molar-refractivity contribution in [3.05, 3.63) is 62.9 Å². The van der Waals surface area contributed by atoms with Gasteiger partial charge in [-0.3, -0.25) is 14.2 Å². The lowest BCUT2D eigenvalue weighted by Crippen LogP contribution is -2.39.